The maximum absolute atomic E-state index is 12.9. The number of anilines is 1. The zero-order chi connectivity index (χ0) is 22.2. The van der Waals surface area contributed by atoms with Crippen LogP contribution in [0.3, 0.4) is 0 Å². The fraction of sp³-hybridized carbons (Fsp3) is 0.409. The number of halogens is 1. The number of carbonyl (C=O) groups is 1. The summed E-state index contributed by atoms with van der Waals surface area (Å²) in [5, 5.41) is 0. The second-order valence-corrected chi connectivity index (χ2v) is 10.7. The van der Waals surface area contributed by atoms with Gasteiger partial charge >= 0.3 is 0 Å². The van der Waals surface area contributed by atoms with Gasteiger partial charge < -0.3 is 14.4 Å². The smallest absolute Gasteiger partial charge is 0.265 e. The van der Waals surface area contributed by atoms with E-state index >= 15 is 0 Å². The molecule has 4 rings (SSSR count). The highest BCUT2D eigenvalue weighted by Crippen LogP contribution is 2.34. The van der Waals surface area contributed by atoms with E-state index in [2.05, 4.69) is 15.9 Å². The number of aryl methyl sites for hydroxylation is 1. The van der Waals surface area contributed by atoms with Crippen molar-refractivity contribution >= 4 is 37.5 Å². The molecular weight excluding hydrogens is 484 g/mol. The van der Waals surface area contributed by atoms with Crippen molar-refractivity contribution in [3.8, 4) is 5.75 Å². The molecule has 0 spiro atoms. The topological polar surface area (TPSA) is 76.1 Å². The minimum absolute atomic E-state index is 0.0579. The molecular formula is C22H25BrN2O5S. The van der Waals surface area contributed by atoms with Gasteiger partial charge in [-0.05, 0) is 67.8 Å². The van der Waals surface area contributed by atoms with Crippen LogP contribution in [-0.2, 0) is 26.0 Å². The third kappa shape index (κ3) is 4.50. The summed E-state index contributed by atoms with van der Waals surface area (Å²) in [6, 6.07) is 10.7. The van der Waals surface area contributed by atoms with Crippen molar-refractivity contribution in [1.82, 2.24) is 4.31 Å². The molecule has 2 aliphatic rings. The lowest BCUT2D eigenvalue weighted by atomic mass is 10.1. The fourth-order valence-corrected chi connectivity index (χ4v) is 5.97. The van der Waals surface area contributed by atoms with Gasteiger partial charge in [0.05, 0.1) is 18.1 Å². The molecule has 9 heteroatoms. The number of hydrogen-bond donors (Lipinski definition) is 0. The number of fused-ring (bicyclic) bond motifs is 1. The highest BCUT2D eigenvalue weighted by atomic mass is 79.9. The number of rotatable bonds is 5. The third-order valence-electron chi connectivity index (χ3n) is 5.63. The summed E-state index contributed by atoms with van der Waals surface area (Å²) in [5.74, 6) is 0.371. The minimum atomic E-state index is -3.57. The van der Waals surface area contributed by atoms with Gasteiger partial charge in [0.2, 0.25) is 10.0 Å². The summed E-state index contributed by atoms with van der Waals surface area (Å²) in [6.07, 6.45) is 0.799. The summed E-state index contributed by atoms with van der Waals surface area (Å²) in [5.41, 5.74) is 2.71. The van der Waals surface area contributed by atoms with E-state index in [1.807, 2.05) is 25.1 Å². The van der Waals surface area contributed by atoms with Crippen molar-refractivity contribution in [3.63, 3.8) is 0 Å². The Morgan fingerprint density at radius 3 is 2.65 bits per heavy atom. The lowest BCUT2D eigenvalue weighted by Gasteiger charge is -2.26. The predicted molar refractivity (Wildman–Crippen MR) is 121 cm³/mol. The number of amides is 1. The van der Waals surface area contributed by atoms with Gasteiger partial charge in [-0.25, -0.2) is 8.42 Å². The maximum Gasteiger partial charge on any atom is 0.265 e. The van der Waals surface area contributed by atoms with E-state index in [1.54, 1.807) is 24.0 Å². The molecule has 7 nitrogen and oxygen atoms in total. The van der Waals surface area contributed by atoms with E-state index in [1.165, 1.54) is 10.4 Å². The first-order valence-electron chi connectivity index (χ1n) is 10.2. The van der Waals surface area contributed by atoms with Crippen LogP contribution in [0.2, 0.25) is 0 Å². The zero-order valence-electron chi connectivity index (χ0n) is 17.5. The second-order valence-electron chi connectivity index (χ2n) is 7.82. The molecule has 2 heterocycles. The molecule has 1 saturated heterocycles. The summed E-state index contributed by atoms with van der Waals surface area (Å²) >= 11 is 3.48. The van der Waals surface area contributed by atoms with Crippen LogP contribution in [0.5, 0.6) is 5.75 Å². The Balaban J connectivity index is 1.45. The van der Waals surface area contributed by atoms with Crippen molar-refractivity contribution in [1.29, 1.82) is 0 Å². The summed E-state index contributed by atoms with van der Waals surface area (Å²) in [7, 11) is -3.57. The van der Waals surface area contributed by atoms with Crippen LogP contribution in [-0.4, -0.2) is 57.6 Å². The predicted octanol–water partition coefficient (Wildman–Crippen LogP) is 3.14. The van der Waals surface area contributed by atoms with Crippen molar-refractivity contribution in [2.75, 3.05) is 37.8 Å². The summed E-state index contributed by atoms with van der Waals surface area (Å²) in [4.78, 5) is 14.9. The molecule has 1 atom stereocenters. The highest BCUT2D eigenvalue weighted by Gasteiger charge is 2.31. The van der Waals surface area contributed by atoms with E-state index in [0.29, 0.717) is 37.6 Å². The van der Waals surface area contributed by atoms with Crippen LogP contribution in [0.1, 0.15) is 18.1 Å². The Hall–Kier alpha value is -1.94. The van der Waals surface area contributed by atoms with E-state index < -0.39 is 10.0 Å². The van der Waals surface area contributed by atoms with Crippen LogP contribution in [0.25, 0.3) is 0 Å². The number of morpholine rings is 1. The van der Waals surface area contributed by atoms with Crippen molar-refractivity contribution in [2.24, 2.45) is 0 Å². The standard InChI is InChI=1S/C22H25BrN2O5S/c1-15-11-19(31(27,28)24-7-9-29-10-8-24)4-6-21(15)30-14-22(26)25-16(2)12-17-13-18(23)3-5-20(17)25/h3-6,11,13,16H,7-10,12,14H2,1-2H3. The van der Waals surface area contributed by atoms with E-state index in [0.717, 1.165) is 22.1 Å². The van der Waals surface area contributed by atoms with Crippen molar-refractivity contribution < 1.29 is 22.7 Å². The fourth-order valence-electron chi connectivity index (χ4n) is 4.07. The van der Waals surface area contributed by atoms with Crippen LogP contribution >= 0.6 is 15.9 Å². The van der Waals surface area contributed by atoms with Gasteiger partial charge in [-0.3, -0.25) is 4.79 Å². The molecule has 2 aliphatic heterocycles. The van der Waals surface area contributed by atoms with E-state index in [4.69, 9.17) is 9.47 Å². The number of nitrogens with zero attached hydrogens (tertiary/aromatic N) is 2. The van der Waals surface area contributed by atoms with Crippen molar-refractivity contribution in [2.45, 2.75) is 31.2 Å². The highest BCUT2D eigenvalue weighted by molar-refractivity contribution is 9.10. The number of carbonyl (C=O) groups excluding carboxylic acids is 1. The molecule has 166 valence electrons. The molecule has 2 aromatic carbocycles. The van der Waals surface area contributed by atoms with Crippen LogP contribution < -0.4 is 9.64 Å². The molecule has 1 amide bonds. The van der Waals surface area contributed by atoms with Gasteiger partial charge in [-0.1, -0.05) is 15.9 Å². The van der Waals surface area contributed by atoms with Gasteiger partial charge in [0.25, 0.3) is 5.91 Å². The number of benzene rings is 2. The van der Waals surface area contributed by atoms with Gasteiger partial charge in [0, 0.05) is 29.3 Å². The molecule has 0 radical (unpaired) electrons. The monoisotopic (exact) mass is 508 g/mol. The Kier molecular flexibility index (Phi) is 6.39. The van der Waals surface area contributed by atoms with Gasteiger partial charge in [0.15, 0.2) is 6.61 Å². The zero-order valence-corrected chi connectivity index (χ0v) is 19.9. The van der Waals surface area contributed by atoms with Gasteiger partial charge in [-0.2, -0.15) is 4.31 Å². The third-order valence-corrected chi connectivity index (χ3v) is 8.02. The van der Waals surface area contributed by atoms with Crippen LogP contribution in [0, 0.1) is 6.92 Å². The normalized spacial score (nSPS) is 19.3. The Morgan fingerprint density at radius 2 is 1.94 bits per heavy atom. The molecule has 0 N–H and O–H groups in total. The Bertz CT molecular complexity index is 1100. The quantitative estimate of drug-likeness (QED) is 0.619. The van der Waals surface area contributed by atoms with E-state index in [-0.39, 0.29) is 23.5 Å². The molecule has 0 aromatic heterocycles. The molecule has 0 saturated carbocycles. The van der Waals surface area contributed by atoms with Crippen LogP contribution in [0.4, 0.5) is 5.69 Å². The Morgan fingerprint density at radius 1 is 1.19 bits per heavy atom. The molecule has 1 fully saturated rings. The van der Waals surface area contributed by atoms with Gasteiger partial charge in [0.1, 0.15) is 5.75 Å². The SMILES string of the molecule is Cc1cc(S(=O)(=O)N2CCOCC2)ccc1OCC(=O)N1c2ccc(Br)cc2CC1C. The molecule has 0 bridgehead atoms. The number of ether oxygens (including phenoxy) is 2. The first-order valence-corrected chi connectivity index (χ1v) is 12.4. The lowest BCUT2D eigenvalue weighted by Crippen LogP contribution is -2.40. The number of sulfonamides is 1. The average molecular weight is 509 g/mol. The number of hydrogen-bond acceptors (Lipinski definition) is 5. The lowest BCUT2D eigenvalue weighted by molar-refractivity contribution is -0.120. The first kappa shape index (κ1) is 22.3. The largest absolute Gasteiger partial charge is 0.483 e. The summed E-state index contributed by atoms with van der Waals surface area (Å²) < 4.78 is 39.1. The molecule has 2 aromatic rings. The molecule has 1 unspecified atom stereocenters. The van der Waals surface area contributed by atoms with Gasteiger partial charge in [-0.15, -0.1) is 0 Å². The minimum Gasteiger partial charge on any atom is -0.483 e. The first-order chi connectivity index (χ1) is 14.8. The van der Waals surface area contributed by atoms with E-state index in [9.17, 15) is 13.2 Å². The van der Waals surface area contributed by atoms with Crippen LogP contribution in [0.15, 0.2) is 45.8 Å². The second kappa shape index (κ2) is 8.90. The summed E-state index contributed by atoms with van der Waals surface area (Å²) in [6.45, 7) is 5.18. The maximum atomic E-state index is 12.9. The Labute approximate surface area is 191 Å². The van der Waals surface area contributed by atoms with Crippen molar-refractivity contribution in [3.05, 3.63) is 52.0 Å². The molecule has 0 aliphatic carbocycles. The molecule has 31 heavy (non-hydrogen) atoms. The average Bonchev–Trinajstić information content (AvgIpc) is 3.08.